The fraction of sp³-hybridized carbons (Fsp3) is 0.353. The van der Waals surface area contributed by atoms with E-state index in [2.05, 4.69) is 31.4 Å². The summed E-state index contributed by atoms with van der Waals surface area (Å²) >= 11 is 6.74. The number of nitrogens with one attached hydrogen (secondary N) is 2. The molecule has 2 bridgehead atoms. The number of amides is 2. The number of ether oxygens (including phenoxy) is 3. The summed E-state index contributed by atoms with van der Waals surface area (Å²) in [6.45, 7) is 6.55. The van der Waals surface area contributed by atoms with Crippen molar-refractivity contribution in [2.75, 3.05) is 21.3 Å². The zero-order valence-corrected chi connectivity index (χ0v) is 40.4. The summed E-state index contributed by atoms with van der Waals surface area (Å²) in [5, 5.41) is 16.2. The Balaban J connectivity index is 1.15. The number of para-hydroxylation sites is 1. The number of aromatic carboxylic acids is 1. The third-order valence-corrected chi connectivity index (χ3v) is 16.1. The predicted octanol–water partition coefficient (Wildman–Crippen LogP) is 8.78. The molecule has 9 rings (SSSR count). The number of halogens is 1. The molecule has 4 aliphatic rings. The van der Waals surface area contributed by atoms with Gasteiger partial charge in [0.15, 0.2) is 11.5 Å². The van der Waals surface area contributed by atoms with Crippen molar-refractivity contribution in [1.82, 2.24) is 10.6 Å². The van der Waals surface area contributed by atoms with E-state index in [4.69, 9.17) is 44.2 Å². The molecule has 1 saturated heterocycles. The van der Waals surface area contributed by atoms with Crippen molar-refractivity contribution in [2.45, 2.75) is 76.9 Å². The third-order valence-electron chi connectivity index (χ3n) is 13.9. The summed E-state index contributed by atoms with van der Waals surface area (Å²) in [6.07, 6.45) is 1.55. The fourth-order valence-corrected chi connectivity index (χ4v) is 11.9. The molecule has 0 spiro atoms. The second kappa shape index (κ2) is 20.1. The molecule has 6 atom stereocenters. The van der Waals surface area contributed by atoms with Gasteiger partial charge in [-0.3, -0.25) is 14.2 Å². The molecule has 5 aromatic rings. The van der Waals surface area contributed by atoms with E-state index < -0.39 is 50.1 Å². The fourth-order valence-electron chi connectivity index (χ4n) is 10.0. The number of hydrogen-bond donors (Lipinski definition) is 3. The van der Waals surface area contributed by atoms with Gasteiger partial charge in [0.2, 0.25) is 5.91 Å². The van der Waals surface area contributed by atoms with E-state index in [-0.39, 0.29) is 70.0 Å². The van der Waals surface area contributed by atoms with Crippen molar-refractivity contribution in [1.29, 1.82) is 0 Å². The van der Waals surface area contributed by atoms with Gasteiger partial charge in [0.05, 0.1) is 68.1 Å². The maximum atomic E-state index is 15.1. The SMILES string of the molecule is COc1ccc(C(=O)NC(C(=O)N[C@@H](Cc2cccc(C(=O)O)c2OC)B2O[C@@H]3C[C@@H]4C[C@@H](C4(C)C)[C@]3(C)O2)c2ccc(P(=O)(OCc3ccccc3)OCc3ccccc3)cc2)c(Cl)c1OC. The van der Waals surface area contributed by atoms with Crippen LogP contribution in [-0.2, 0) is 47.4 Å². The quantitative estimate of drug-likeness (QED) is 0.0531. The number of carbonyl (C=O) groups is 3. The third kappa shape index (κ3) is 9.65. The molecule has 17 heteroatoms. The molecule has 1 unspecified atom stereocenters. The van der Waals surface area contributed by atoms with Crippen LogP contribution in [-0.4, -0.2) is 69.0 Å². The zero-order valence-electron chi connectivity index (χ0n) is 38.7. The molecule has 14 nitrogen and oxygen atoms in total. The molecule has 3 aliphatic carbocycles. The van der Waals surface area contributed by atoms with E-state index in [1.807, 2.05) is 60.7 Å². The van der Waals surface area contributed by atoms with E-state index in [9.17, 15) is 19.3 Å². The smallest absolute Gasteiger partial charge is 0.482 e. The largest absolute Gasteiger partial charge is 0.496 e. The van der Waals surface area contributed by atoms with Crippen LogP contribution in [0.25, 0.3) is 0 Å². The summed E-state index contributed by atoms with van der Waals surface area (Å²) in [5.41, 5.74) is 1.66. The number of carboxylic acid groups (broad SMARTS) is 1. The molecule has 4 fully saturated rings. The van der Waals surface area contributed by atoms with Gasteiger partial charge in [-0.1, -0.05) is 110 Å². The van der Waals surface area contributed by atoms with E-state index in [1.165, 1.54) is 39.5 Å². The van der Waals surface area contributed by atoms with Crippen molar-refractivity contribution in [3.63, 3.8) is 0 Å². The first-order valence-electron chi connectivity index (χ1n) is 22.4. The highest BCUT2D eigenvalue weighted by Crippen LogP contribution is 2.66. The molecule has 2 amide bonds. The molecule has 5 aromatic carbocycles. The predicted molar refractivity (Wildman–Crippen MR) is 257 cm³/mol. The molecule has 1 heterocycles. The minimum absolute atomic E-state index is 0.000282. The van der Waals surface area contributed by atoms with Gasteiger partial charge in [0.25, 0.3) is 5.91 Å². The number of hydrogen-bond acceptors (Lipinski definition) is 11. The molecule has 356 valence electrons. The van der Waals surface area contributed by atoms with Gasteiger partial charge < -0.3 is 48.3 Å². The van der Waals surface area contributed by atoms with E-state index >= 15 is 4.79 Å². The lowest BCUT2D eigenvalue weighted by molar-refractivity contribution is -0.199. The summed E-state index contributed by atoms with van der Waals surface area (Å²) in [5.74, 6) is -2.30. The van der Waals surface area contributed by atoms with Gasteiger partial charge in [0, 0.05) is 0 Å². The molecular weight excluding hydrogens is 910 g/mol. The van der Waals surface area contributed by atoms with Crippen LogP contribution < -0.4 is 30.1 Å². The lowest BCUT2D eigenvalue weighted by Crippen LogP contribution is -2.65. The van der Waals surface area contributed by atoms with Crippen LogP contribution in [0.4, 0.5) is 0 Å². The second-order valence-corrected chi connectivity index (χ2v) is 20.5. The number of methoxy groups -OCH3 is 3. The standard InChI is InChI=1S/C51H55BClN2O12P/c1-50(2)35-27-40(50)51(3)41(28-35)66-52(67-51)42(26-34-18-13-19-38(49(58)59)45(34)62-5)54-48(57)44(55-47(56)37-24-25-39(61-4)46(63-6)43(37)53)33-20-22-36(23-21-33)68(60,64-29-31-14-9-7-10-15-31)65-30-32-16-11-8-12-17-32/h7-25,35,40-42,44H,26-30H2,1-6H3,(H,54,57)(H,55,56)(H,58,59)/t35-,40-,41+,42-,44?,51-/m0/s1. The Hall–Kier alpha value is -5.67. The maximum absolute atomic E-state index is 15.1. The Kier molecular flexibility index (Phi) is 14.4. The summed E-state index contributed by atoms with van der Waals surface area (Å²) in [4.78, 5) is 41.8. The van der Waals surface area contributed by atoms with Gasteiger partial charge in [-0.25, -0.2) is 4.79 Å². The van der Waals surface area contributed by atoms with Crippen molar-refractivity contribution >= 4 is 49.4 Å². The van der Waals surface area contributed by atoms with E-state index in [0.717, 1.165) is 24.0 Å². The average molecular weight is 965 g/mol. The van der Waals surface area contributed by atoms with Crippen LogP contribution in [0.15, 0.2) is 115 Å². The molecular formula is C51H55BClN2O12P. The van der Waals surface area contributed by atoms with Crippen LogP contribution in [0.2, 0.25) is 5.02 Å². The molecule has 0 radical (unpaired) electrons. The average Bonchev–Trinajstić information content (AvgIpc) is 3.72. The zero-order chi connectivity index (χ0) is 48.4. The van der Waals surface area contributed by atoms with Crippen molar-refractivity contribution in [3.8, 4) is 17.2 Å². The molecule has 0 aromatic heterocycles. The van der Waals surface area contributed by atoms with E-state index in [1.54, 1.807) is 36.4 Å². The van der Waals surface area contributed by atoms with Crippen molar-refractivity contribution < 1.29 is 56.6 Å². The Bertz CT molecular complexity index is 2650. The Labute approximate surface area is 401 Å². The Morgan fingerprint density at radius 2 is 1.41 bits per heavy atom. The van der Waals surface area contributed by atoms with Crippen LogP contribution in [0.1, 0.15) is 82.6 Å². The number of carbonyl (C=O) groups excluding carboxylic acids is 2. The highest BCUT2D eigenvalue weighted by atomic mass is 35.5. The van der Waals surface area contributed by atoms with Crippen LogP contribution in [0, 0.1) is 17.3 Å². The lowest BCUT2D eigenvalue weighted by Gasteiger charge is -2.64. The molecule has 1 aliphatic heterocycles. The maximum Gasteiger partial charge on any atom is 0.482 e. The van der Waals surface area contributed by atoms with Gasteiger partial charge in [0.1, 0.15) is 17.4 Å². The molecule has 3 N–H and O–H groups in total. The first-order chi connectivity index (χ1) is 32.6. The van der Waals surface area contributed by atoms with E-state index in [0.29, 0.717) is 22.8 Å². The minimum atomic E-state index is -4.02. The summed E-state index contributed by atoms with van der Waals surface area (Å²) < 4.78 is 57.1. The van der Waals surface area contributed by atoms with Crippen molar-refractivity contribution in [3.05, 3.63) is 154 Å². The second-order valence-electron chi connectivity index (χ2n) is 18.1. The lowest BCUT2D eigenvalue weighted by atomic mass is 9.43. The van der Waals surface area contributed by atoms with Crippen LogP contribution in [0.5, 0.6) is 17.2 Å². The first kappa shape index (κ1) is 48.8. The van der Waals surface area contributed by atoms with Gasteiger partial charge in [-0.05, 0) is 96.0 Å². The number of carboxylic acids is 1. The Morgan fingerprint density at radius 3 is 1.99 bits per heavy atom. The first-order valence-corrected chi connectivity index (χ1v) is 24.3. The number of benzene rings is 5. The highest BCUT2D eigenvalue weighted by Gasteiger charge is 2.68. The summed E-state index contributed by atoms with van der Waals surface area (Å²) in [7, 11) is -0.772. The van der Waals surface area contributed by atoms with Gasteiger partial charge >= 0.3 is 20.7 Å². The molecule has 68 heavy (non-hydrogen) atoms. The monoisotopic (exact) mass is 964 g/mol. The highest BCUT2D eigenvalue weighted by molar-refractivity contribution is 7.62. The van der Waals surface area contributed by atoms with Crippen molar-refractivity contribution in [2.24, 2.45) is 17.3 Å². The normalized spacial score (nSPS) is 21.1. The Morgan fingerprint density at radius 1 is 0.779 bits per heavy atom. The van der Waals surface area contributed by atoms with Gasteiger partial charge in [-0.15, -0.1) is 0 Å². The van der Waals surface area contributed by atoms with Gasteiger partial charge in [-0.2, -0.15) is 0 Å². The van der Waals surface area contributed by atoms with Crippen LogP contribution in [0.3, 0.4) is 0 Å². The van der Waals surface area contributed by atoms with Crippen LogP contribution >= 0.6 is 19.2 Å². The number of rotatable bonds is 19. The topological polar surface area (TPSA) is 177 Å². The summed E-state index contributed by atoms with van der Waals surface area (Å²) in [6, 6.07) is 31.2. The minimum Gasteiger partial charge on any atom is -0.496 e. The molecule has 3 saturated carbocycles.